The van der Waals surface area contributed by atoms with E-state index in [1.165, 1.54) is 7.11 Å². The van der Waals surface area contributed by atoms with Gasteiger partial charge in [-0.2, -0.15) is 4.98 Å². The molecule has 0 saturated heterocycles. The summed E-state index contributed by atoms with van der Waals surface area (Å²) in [6.45, 7) is 7.99. The van der Waals surface area contributed by atoms with Crippen LogP contribution < -0.4 is 25.4 Å². The van der Waals surface area contributed by atoms with Crippen LogP contribution in [0.2, 0.25) is 0 Å². The van der Waals surface area contributed by atoms with Gasteiger partial charge in [0.15, 0.2) is 0 Å². The Morgan fingerprint density at radius 2 is 1.60 bits per heavy atom. The maximum Gasteiger partial charge on any atom is 0.412 e. The molecule has 0 atom stereocenters. The predicted molar refractivity (Wildman–Crippen MR) is 178 cm³/mol. The number of fused-ring (bicyclic) bond motifs is 1. The Bertz CT molecular complexity index is 1640. The summed E-state index contributed by atoms with van der Waals surface area (Å²) in [7, 11) is 3.14. The molecule has 0 unspecified atom stereocenters. The normalized spacial score (nSPS) is 11.2. The number of anilines is 3. The lowest BCUT2D eigenvalue weighted by molar-refractivity contribution is 0.0255. The van der Waals surface area contributed by atoms with Gasteiger partial charge in [0.1, 0.15) is 17.1 Å². The standard InChI is InChI=1S/C34H41N5O8/c1-34(2,3)47-33(41)38-28-10-11-29(27-9-7-6-8-26(27)28)46-30-12-13-36-32(39-30)37-24-20-23(21-25(22-24)43-5)31(40)35-14-15-44-18-19-45-17-16-42-4/h6-13,20-22H,14-19H2,1-5H3,(H,35,40)(H,38,41)(H,36,37,39). The quantitative estimate of drug-likeness (QED) is 0.124. The minimum atomic E-state index is -0.629. The summed E-state index contributed by atoms with van der Waals surface area (Å²) in [5, 5.41) is 10.3. The first-order valence-corrected chi connectivity index (χ1v) is 15.1. The molecule has 47 heavy (non-hydrogen) atoms. The fourth-order valence-electron chi connectivity index (χ4n) is 4.31. The second-order valence-corrected chi connectivity index (χ2v) is 11.2. The van der Waals surface area contributed by atoms with Gasteiger partial charge in [-0.3, -0.25) is 10.1 Å². The number of benzene rings is 3. The van der Waals surface area contributed by atoms with Crippen LogP contribution in [0.15, 0.2) is 66.9 Å². The largest absolute Gasteiger partial charge is 0.497 e. The van der Waals surface area contributed by atoms with Crippen LogP contribution in [0.1, 0.15) is 31.1 Å². The molecule has 4 rings (SSSR count). The summed E-state index contributed by atoms with van der Waals surface area (Å²) in [5.41, 5.74) is 0.880. The molecule has 0 radical (unpaired) electrons. The van der Waals surface area contributed by atoms with E-state index in [0.717, 1.165) is 10.8 Å². The Hall–Kier alpha value is -4.98. The van der Waals surface area contributed by atoms with Crippen molar-refractivity contribution in [3.05, 3.63) is 72.4 Å². The lowest BCUT2D eigenvalue weighted by Crippen LogP contribution is -2.27. The van der Waals surface area contributed by atoms with Gasteiger partial charge in [-0.25, -0.2) is 9.78 Å². The molecular formula is C34H41N5O8. The monoisotopic (exact) mass is 647 g/mol. The lowest BCUT2D eigenvalue weighted by Gasteiger charge is -2.20. The molecule has 3 N–H and O–H groups in total. The first kappa shape index (κ1) is 34.9. The van der Waals surface area contributed by atoms with E-state index in [0.29, 0.717) is 68.0 Å². The molecule has 4 aromatic rings. The molecule has 0 fully saturated rings. The van der Waals surface area contributed by atoms with Gasteiger partial charge in [0, 0.05) is 54.0 Å². The molecule has 2 amide bonds. The molecule has 0 aliphatic carbocycles. The van der Waals surface area contributed by atoms with Gasteiger partial charge in [0.25, 0.3) is 5.91 Å². The highest BCUT2D eigenvalue weighted by atomic mass is 16.6. The summed E-state index contributed by atoms with van der Waals surface area (Å²) in [5.74, 6) is 1.24. The van der Waals surface area contributed by atoms with Gasteiger partial charge in [-0.1, -0.05) is 24.3 Å². The van der Waals surface area contributed by atoms with E-state index in [9.17, 15) is 9.59 Å². The van der Waals surface area contributed by atoms with Crippen molar-refractivity contribution in [3.63, 3.8) is 0 Å². The van der Waals surface area contributed by atoms with Gasteiger partial charge in [-0.05, 0) is 45.0 Å². The maximum absolute atomic E-state index is 12.9. The number of aromatic nitrogens is 2. The van der Waals surface area contributed by atoms with Crippen LogP contribution >= 0.6 is 0 Å². The van der Waals surface area contributed by atoms with Crippen LogP contribution in [0.4, 0.5) is 22.1 Å². The number of nitrogens with one attached hydrogen (secondary N) is 3. The number of rotatable bonds is 16. The fourth-order valence-corrected chi connectivity index (χ4v) is 4.31. The van der Waals surface area contributed by atoms with E-state index < -0.39 is 11.7 Å². The number of carbonyl (C=O) groups excluding carboxylic acids is 2. The summed E-state index contributed by atoms with van der Waals surface area (Å²) >= 11 is 0. The van der Waals surface area contributed by atoms with Crippen LogP contribution in [0.3, 0.4) is 0 Å². The molecule has 1 aromatic heterocycles. The van der Waals surface area contributed by atoms with Crippen molar-refractivity contribution in [2.45, 2.75) is 26.4 Å². The minimum Gasteiger partial charge on any atom is -0.497 e. The highest BCUT2D eigenvalue weighted by Gasteiger charge is 2.18. The van der Waals surface area contributed by atoms with E-state index in [-0.39, 0.29) is 17.7 Å². The molecule has 3 aromatic carbocycles. The SMILES string of the molecule is COCCOCCOCCNC(=O)c1cc(Nc2nccc(Oc3ccc(NC(=O)OC(C)(C)C)c4ccccc34)n2)cc(OC)c1. The Labute approximate surface area is 273 Å². The molecule has 0 saturated carbocycles. The highest BCUT2D eigenvalue weighted by molar-refractivity contribution is 6.03. The molecule has 250 valence electrons. The van der Waals surface area contributed by atoms with Crippen LogP contribution in [-0.2, 0) is 18.9 Å². The molecule has 13 heteroatoms. The molecule has 1 heterocycles. The summed E-state index contributed by atoms with van der Waals surface area (Å²) in [6, 6.07) is 17.7. The molecular weight excluding hydrogens is 606 g/mol. The first-order chi connectivity index (χ1) is 22.6. The van der Waals surface area contributed by atoms with Crippen LogP contribution in [0.25, 0.3) is 10.8 Å². The van der Waals surface area contributed by atoms with E-state index in [2.05, 4.69) is 25.9 Å². The average molecular weight is 648 g/mol. The van der Waals surface area contributed by atoms with E-state index in [1.807, 2.05) is 24.3 Å². The number of methoxy groups -OCH3 is 2. The Morgan fingerprint density at radius 1 is 0.851 bits per heavy atom. The van der Waals surface area contributed by atoms with Crippen molar-refractivity contribution >= 4 is 40.1 Å². The lowest BCUT2D eigenvalue weighted by atomic mass is 10.1. The van der Waals surface area contributed by atoms with Crippen molar-refractivity contribution in [1.82, 2.24) is 15.3 Å². The van der Waals surface area contributed by atoms with Gasteiger partial charge in [0.05, 0.1) is 45.8 Å². The van der Waals surface area contributed by atoms with E-state index in [4.69, 9.17) is 28.4 Å². The average Bonchev–Trinajstić information content (AvgIpc) is 3.04. The third-order valence-corrected chi connectivity index (χ3v) is 6.36. The summed E-state index contributed by atoms with van der Waals surface area (Å²) in [6.07, 6.45) is 1.01. The van der Waals surface area contributed by atoms with Crippen molar-refractivity contribution in [2.75, 3.05) is 64.4 Å². The van der Waals surface area contributed by atoms with Crippen LogP contribution in [0, 0.1) is 0 Å². The van der Waals surface area contributed by atoms with Crippen molar-refractivity contribution in [3.8, 4) is 17.4 Å². The van der Waals surface area contributed by atoms with Gasteiger partial charge in [0.2, 0.25) is 11.8 Å². The number of nitrogens with zero attached hydrogens (tertiary/aromatic N) is 2. The second kappa shape index (κ2) is 17.1. The van der Waals surface area contributed by atoms with Gasteiger partial charge >= 0.3 is 6.09 Å². The number of hydrogen-bond donors (Lipinski definition) is 3. The Kier molecular flexibility index (Phi) is 12.7. The smallest absolute Gasteiger partial charge is 0.412 e. The first-order valence-electron chi connectivity index (χ1n) is 15.1. The van der Waals surface area contributed by atoms with E-state index >= 15 is 0 Å². The third kappa shape index (κ3) is 11.1. The molecule has 13 nitrogen and oxygen atoms in total. The second-order valence-electron chi connectivity index (χ2n) is 11.2. The maximum atomic E-state index is 12.9. The van der Waals surface area contributed by atoms with Crippen molar-refractivity contribution < 1.29 is 38.0 Å². The van der Waals surface area contributed by atoms with Gasteiger partial charge < -0.3 is 39.1 Å². The Morgan fingerprint density at radius 3 is 2.34 bits per heavy atom. The minimum absolute atomic E-state index is 0.246. The molecule has 0 spiro atoms. The molecule has 0 bridgehead atoms. The third-order valence-electron chi connectivity index (χ3n) is 6.36. The Balaban J connectivity index is 1.40. The van der Waals surface area contributed by atoms with Crippen molar-refractivity contribution in [1.29, 1.82) is 0 Å². The summed E-state index contributed by atoms with van der Waals surface area (Å²) in [4.78, 5) is 34.1. The van der Waals surface area contributed by atoms with Crippen LogP contribution in [0.5, 0.6) is 17.4 Å². The fraction of sp³-hybridized carbons (Fsp3) is 0.353. The zero-order valence-corrected chi connectivity index (χ0v) is 27.3. The molecule has 0 aliphatic rings. The van der Waals surface area contributed by atoms with E-state index in [1.54, 1.807) is 70.5 Å². The van der Waals surface area contributed by atoms with Gasteiger partial charge in [-0.15, -0.1) is 0 Å². The van der Waals surface area contributed by atoms with Crippen molar-refractivity contribution in [2.24, 2.45) is 0 Å². The van der Waals surface area contributed by atoms with Crippen LogP contribution in [-0.4, -0.2) is 81.4 Å². The number of amides is 2. The highest BCUT2D eigenvalue weighted by Crippen LogP contribution is 2.34. The number of ether oxygens (including phenoxy) is 6. The predicted octanol–water partition coefficient (Wildman–Crippen LogP) is 5.93. The molecule has 0 aliphatic heterocycles. The number of carbonyl (C=O) groups is 2. The topological polar surface area (TPSA) is 151 Å². The zero-order valence-electron chi connectivity index (χ0n) is 27.3. The number of hydrogen-bond acceptors (Lipinski definition) is 11. The zero-order chi connectivity index (χ0) is 33.6. The summed E-state index contributed by atoms with van der Waals surface area (Å²) < 4.78 is 32.8.